The summed E-state index contributed by atoms with van der Waals surface area (Å²) in [6.45, 7) is 4.00. The Balaban J connectivity index is 2.29. The van der Waals surface area contributed by atoms with E-state index in [9.17, 15) is 4.79 Å². The van der Waals surface area contributed by atoms with E-state index >= 15 is 0 Å². The molecule has 0 spiro atoms. The third-order valence-corrected chi connectivity index (χ3v) is 2.30. The summed E-state index contributed by atoms with van der Waals surface area (Å²) in [5.74, 6) is -0.724. The van der Waals surface area contributed by atoms with E-state index in [0.717, 1.165) is 19.1 Å². The van der Waals surface area contributed by atoms with E-state index in [1.54, 1.807) is 0 Å². The fourth-order valence-electron chi connectivity index (χ4n) is 1.61. The summed E-state index contributed by atoms with van der Waals surface area (Å²) in [5.41, 5.74) is 0. The molecule has 1 fully saturated rings. The Morgan fingerprint density at radius 2 is 1.92 bits per heavy atom. The molecule has 0 unspecified atom stereocenters. The molecule has 0 atom stereocenters. The largest absolute Gasteiger partial charge is 0.481 e. The Morgan fingerprint density at radius 1 is 1.33 bits per heavy atom. The average Bonchev–Trinajstić information content (AvgIpc) is 2.05. The van der Waals surface area contributed by atoms with E-state index in [4.69, 9.17) is 5.11 Å². The molecular weight excluding hydrogens is 154 g/mol. The summed E-state index contributed by atoms with van der Waals surface area (Å²) in [5, 5.41) is 8.57. The van der Waals surface area contributed by atoms with E-state index in [-0.39, 0.29) is 6.42 Å². The number of hydrogen-bond acceptors (Lipinski definition) is 2. The number of carbonyl (C=O) groups is 1. The van der Waals surface area contributed by atoms with E-state index in [1.165, 1.54) is 19.3 Å². The molecule has 1 rings (SSSR count). The molecule has 3 heteroatoms. The minimum Gasteiger partial charge on any atom is -0.481 e. The highest BCUT2D eigenvalue weighted by Crippen LogP contribution is 2.18. The predicted octanol–water partition coefficient (Wildman–Crippen LogP) is 1.50. The first-order valence-electron chi connectivity index (χ1n) is 4.49. The summed E-state index contributed by atoms with van der Waals surface area (Å²) >= 11 is 0. The minimum absolute atomic E-state index is 0.194. The van der Waals surface area contributed by atoms with Crippen LogP contribution in [0.4, 0.5) is 0 Å². The zero-order chi connectivity index (χ0) is 8.97. The second-order valence-electron chi connectivity index (χ2n) is 3.35. The number of nitrogens with zero attached hydrogens (tertiary/aromatic N) is 1. The monoisotopic (exact) mass is 170 g/mol. The molecule has 3 nitrogen and oxygen atoms in total. The lowest BCUT2D eigenvalue weighted by Gasteiger charge is -2.30. The molecule has 0 aromatic carbocycles. The predicted molar refractivity (Wildman–Crippen MR) is 46.6 cm³/mol. The van der Waals surface area contributed by atoms with E-state index < -0.39 is 5.97 Å². The third kappa shape index (κ3) is 2.81. The molecule has 0 aliphatic carbocycles. The molecule has 0 amide bonds. The molecule has 0 aromatic rings. The maximum atomic E-state index is 10.4. The van der Waals surface area contributed by atoms with Gasteiger partial charge in [0.25, 0.3) is 0 Å². The van der Waals surface area contributed by atoms with Gasteiger partial charge in [-0.1, -0.05) is 6.42 Å². The molecule has 0 bridgehead atoms. The second kappa shape index (κ2) is 4.45. The maximum absolute atomic E-state index is 10.4. The molecule has 1 aliphatic rings. The van der Waals surface area contributed by atoms with Crippen molar-refractivity contribution in [2.45, 2.75) is 32.6 Å². The SMILES string of the molecule is C[C](CC(=O)O)N1CCCCC1. The third-order valence-electron chi connectivity index (χ3n) is 2.30. The summed E-state index contributed by atoms with van der Waals surface area (Å²) in [6, 6.07) is 1.00. The van der Waals surface area contributed by atoms with Crippen LogP contribution in [0.25, 0.3) is 0 Å². The van der Waals surface area contributed by atoms with Crippen LogP contribution in [-0.4, -0.2) is 29.1 Å². The van der Waals surface area contributed by atoms with E-state index in [2.05, 4.69) is 4.90 Å². The number of carboxylic acids is 1. The van der Waals surface area contributed by atoms with E-state index in [0.29, 0.717) is 0 Å². The second-order valence-corrected chi connectivity index (χ2v) is 3.35. The van der Waals surface area contributed by atoms with Gasteiger partial charge in [0.15, 0.2) is 0 Å². The Bertz CT molecular complexity index is 153. The molecule has 1 N–H and O–H groups in total. The normalized spacial score (nSPS) is 19.8. The van der Waals surface area contributed by atoms with E-state index in [1.807, 2.05) is 6.92 Å². The fourth-order valence-corrected chi connectivity index (χ4v) is 1.61. The number of piperidine rings is 1. The summed E-state index contributed by atoms with van der Waals surface area (Å²) < 4.78 is 0. The Morgan fingerprint density at radius 3 is 2.42 bits per heavy atom. The molecule has 1 heterocycles. The van der Waals surface area contributed by atoms with Crippen molar-refractivity contribution in [3.8, 4) is 0 Å². The molecule has 1 radical (unpaired) electrons. The number of carboxylic acid groups (broad SMARTS) is 1. The molecule has 1 aliphatic heterocycles. The van der Waals surface area contributed by atoms with Crippen molar-refractivity contribution in [3.63, 3.8) is 0 Å². The van der Waals surface area contributed by atoms with Crippen molar-refractivity contribution in [2.75, 3.05) is 13.1 Å². The minimum atomic E-state index is -0.724. The van der Waals surface area contributed by atoms with Gasteiger partial charge in [-0.2, -0.15) is 0 Å². The van der Waals surface area contributed by atoms with Gasteiger partial charge >= 0.3 is 5.97 Å². The van der Waals surface area contributed by atoms with Crippen LogP contribution in [0.1, 0.15) is 32.6 Å². The molecule has 69 valence electrons. The molecule has 1 saturated heterocycles. The Hall–Kier alpha value is -0.570. The van der Waals surface area contributed by atoms with Crippen LogP contribution < -0.4 is 0 Å². The van der Waals surface area contributed by atoms with Crippen molar-refractivity contribution < 1.29 is 9.90 Å². The number of aliphatic carboxylic acids is 1. The van der Waals surface area contributed by atoms with Crippen LogP contribution in [-0.2, 0) is 4.79 Å². The quantitative estimate of drug-likeness (QED) is 0.697. The lowest BCUT2D eigenvalue weighted by atomic mass is 10.1. The average molecular weight is 170 g/mol. The standard InChI is InChI=1S/C9H16NO2/c1-8(7-9(11)12)10-5-3-2-4-6-10/h2-7H2,1H3,(H,11,12). The molecule has 12 heavy (non-hydrogen) atoms. The summed E-state index contributed by atoms with van der Waals surface area (Å²) in [4.78, 5) is 12.6. The summed E-state index contributed by atoms with van der Waals surface area (Å²) in [7, 11) is 0. The van der Waals surface area contributed by atoms with Gasteiger partial charge in [-0.05, 0) is 32.9 Å². The number of rotatable bonds is 3. The highest BCUT2D eigenvalue weighted by molar-refractivity contribution is 5.68. The van der Waals surface area contributed by atoms with Crippen LogP contribution >= 0.6 is 0 Å². The molecule has 0 aromatic heterocycles. The van der Waals surface area contributed by atoms with Gasteiger partial charge in [-0.3, -0.25) is 9.69 Å². The first-order valence-corrected chi connectivity index (χ1v) is 4.49. The Kier molecular flexibility index (Phi) is 3.53. The van der Waals surface area contributed by atoms with Crippen molar-refractivity contribution in [2.24, 2.45) is 0 Å². The van der Waals surface area contributed by atoms with Crippen LogP contribution in [0.3, 0.4) is 0 Å². The fraction of sp³-hybridized carbons (Fsp3) is 0.778. The van der Waals surface area contributed by atoms with Gasteiger partial charge in [0.05, 0.1) is 6.42 Å². The van der Waals surface area contributed by atoms with Gasteiger partial charge in [0, 0.05) is 6.04 Å². The van der Waals surface area contributed by atoms with Crippen LogP contribution in [0.5, 0.6) is 0 Å². The van der Waals surface area contributed by atoms with Crippen molar-refractivity contribution >= 4 is 5.97 Å². The van der Waals surface area contributed by atoms with Gasteiger partial charge in [0.1, 0.15) is 0 Å². The van der Waals surface area contributed by atoms with Crippen LogP contribution in [0.15, 0.2) is 0 Å². The topological polar surface area (TPSA) is 40.5 Å². The van der Waals surface area contributed by atoms with Gasteiger partial charge in [-0.25, -0.2) is 0 Å². The molecule has 0 saturated carbocycles. The highest BCUT2D eigenvalue weighted by atomic mass is 16.4. The summed E-state index contributed by atoms with van der Waals surface area (Å²) in [6.07, 6.45) is 3.89. The maximum Gasteiger partial charge on any atom is 0.305 e. The van der Waals surface area contributed by atoms with Crippen LogP contribution in [0, 0.1) is 6.04 Å². The Labute approximate surface area is 73.4 Å². The van der Waals surface area contributed by atoms with Crippen LogP contribution in [0.2, 0.25) is 0 Å². The molecular formula is C9H16NO2. The van der Waals surface area contributed by atoms with Gasteiger partial charge in [-0.15, -0.1) is 0 Å². The van der Waals surface area contributed by atoms with Gasteiger partial charge < -0.3 is 5.11 Å². The lowest BCUT2D eigenvalue weighted by molar-refractivity contribution is -0.137. The first kappa shape index (κ1) is 9.52. The van der Waals surface area contributed by atoms with Crippen molar-refractivity contribution in [3.05, 3.63) is 6.04 Å². The number of likely N-dealkylation sites (tertiary alicyclic amines) is 1. The van der Waals surface area contributed by atoms with Crippen molar-refractivity contribution in [1.29, 1.82) is 0 Å². The smallest absolute Gasteiger partial charge is 0.305 e. The highest BCUT2D eigenvalue weighted by Gasteiger charge is 2.19. The van der Waals surface area contributed by atoms with Gasteiger partial charge in [0.2, 0.25) is 0 Å². The first-order chi connectivity index (χ1) is 5.70. The number of hydrogen-bond donors (Lipinski definition) is 1. The lowest BCUT2D eigenvalue weighted by Crippen LogP contribution is -2.33. The zero-order valence-corrected chi connectivity index (χ0v) is 7.55. The van der Waals surface area contributed by atoms with Crippen molar-refractivity contribution in [1.82, 2.24) is 4.90 Å². The zero-order valence-electron chi connectivity index (χ0n) is 7.55.